The van der Waals surface area contributed by atoms with E-state index in [2.05, 4.69) is 30.2 Å². The zero-order valence-electron chi connectivity index (χ0n) is 25.3. The van der Waals surface area contributed by atoms with Gasteiger partial charge in [-0.05, 0) is 25.7 Å². The van der Waals surface area contributed by atoms with Gasteiger partial charge in [0.1, 0.15) is 6.04 Å². The second-order valence-electron chi connectivity index (χ2n) is 11.5. The maximum atomic E-state index is 10.6. The number of rotatable bonds is 28. The van der Waals surface area contributed by atoms with E-state index in [1.165, 1.54) is 128 Å². The van der Waals surface area contributed by atoms with Crippen LogP contribution in [0.2, 0.25) is 0 Å². The van der Waals surface area contributed by atoms with Crippen LogP contribution in [0.25, 0.3) is 0 Å². The van der Waals surface area contributed by atoms with Crippen LogP contribution in [0.1, 0.15) is 173 Å². The lowest BCUT2D eigenvalue weighted by Gasteiger charge is -2.17. The average molecular weight is 534 g/mol. The molecule has 2 N–H and O–H groups in total. The maximum absolute atomic E-state index is 10.6. The fraction of sp³-hybridized carbons (Fsp3) is 0.879. The Morgan fingerprint density at radius 2 is 1.13 bits per heavy atom. The molecule has 0 unspecified atom stereocenters. The molecule has 0 bridgehead atoms. The van der Waals surface area contributed by atoms with Gasteiger partial charge in [-0.1, -0.05) is 160 Å². The molecule has 2 atom stereocenters. The average Bonchev–Trinajstić information content (AvgIpc) is 3.38. The zero-order chi connectivity index (χ0) is 27.5. The molecule has 1 aromatic heterocycles. The molecule has 222 valence electrons. The summed E-state index contributed by atoms with van der Waals surface area (Å²) >= 11 is 0. The molecule has 0 saturated carbocycles. The molecular formula is C33H63N3O2. The number of aryl methyl sites for hydroxylation is 1. The Bertz CT molecular complexity index is 646. The third kappa shape index (κ3) is 19.0. The molecule has 0 radical (unpaired) electrons. The number of aromatic nitrogens is 3. The Morgan fingerprint density at radius 1 is 0.684 bits per heavy atom. The third-order valence-corrected chi connectivity index (χ3v) is 7.82. The Labute approximate surface area is 235 Å². The fourth-order valence-electron chi connectivity index (χ4n) is 5.20. The molecule has 0 aromatic carbocycles. The lowest BCUT2D eigenvalue weighted by atomic mass is 10.0. The Kier molecular flexibility index (Phi) is 23.9. The minimum atomic E-state index is -0.746. The zero-order valence-corrected chi connectivity index (χ0v) is 25.3. The van der Waals surface area contributed by atoms with Gasteiger partial charge in [0.05, 0.1) is 18.4 Å². The van der Waals surface area contributed by atoms with E-state index in [0.29, 0.717) is 0 Å². The van der Waals surface area contributed by atoms with Crippen LogP contribution in [0.3, 0.4) is 0 Å². The molecule has 0 aliphatic heterocycles. The summed E-state index contributed by atoms with van der Waals surface area (Å²) in [5.41, 5.74) is 0.955. The van der Waals surface area contributed by atoms with E-state index >= 15 is 0 Å². The number of nitrogens with zero attached hydrogens (tertiary/aromatic N) is 3. The summed E-state index contributed by atoms with van der Waals surface area (Å²) in [5.74, 6) is 0. The van der Waals surface area contributed by atoms with Crippen LogP contribution in [-0.4, -0.2) is 37.9 Å². The summed E-state index contributed by atoms with van der Waals surface area (Å²) in [6, 6.07) is -0.470. The highest BCUT2D eigenvalue weighted by atomic mass is 16.3. The standard InChI is InChI=1S/C33H63N3O2/c1-3-5-7-9-11-13-15-16-18-20-22-24-26-28-33(38)32(30-37)36-29-31(34-35-36)27-25-23-21-19-17-14-12-10-8-6-4-2/h26,28-29,32-33,37-38H,3-25,27,30H2,1-2H3/b28-26+/t32-,33+/m0/s1. The van der Waals surface area contributed by atoms with Crippen LogP contribution in [0.4, 0.5) is 0 Å². The van der Waals surface area contributed by atoms with E-state index in [4.69, 9.17) is 0 Å². The molecule has 1 aromatic rings. The van der Waals surface area contributed by atoms with E-state index in [1.54, 1.807) is 4.68 Å². The molecular weight excluding hydrogens is 470 g/mol. The van der Waals surface area contributed by atoms with Crippen LogP contribution in [0.15, 0.2) is 18.3 Å². The van der Waals surface area contributed by atoms with Gasteiger partial charge in [-0.25, -0.2) is 4.68 Å². The van der Waals surface area contributed by atoms with Crippen LogP contribution in [0, 0.1) is 0 Å². The van der Waals surface area contributed by atoms with E-state index in [1.807, 2.05) is 12.3 Å². The minimum Gasteiger partial charge on any atom is -0.394 e. The first-order valence-electron chi connectivity index (χ1n) is 16.6. The van der Waals surface area contributed by atoms with Crippen molar-refractivity contribution in [2.45, 2.75) is 180 Å². The summed E-state index contributed by atoms with van der Waals surface area (Å²) in [4.78, 5) is 0. The van der Waals surface area contributed by atoms with Crippen molar-refractivity contribution in [3.8, 4) is 0 Å². The highest BCUT2D eigenvalue weighted by Gasteiger charge is 2.19. The van der Waals surface area contributed by atoms with Gasteiger partial charge < -0.3 is 10.2 Å². The van der Waals surface area contributed by atoms with Crippen molar-refractivity contribution in [3.63, 3.8) is 0 Å². The topological polar surface area (TPSA) is 71.2 Å². The fourth-order valence-corrected chi connectivity index (χ4v) is 5.20. The van der Waals surface area contributed by atoms with Gasteiger partial charge in [0.25, 0.3) is 0 Å². The smallest absolute Gasteiger partial charge is 0.106 e. The summed E-state index contributed by atoms with van der Waals surface area (Å²) in [6.07, 6.45) is 36.4. The summed E-state index contributed by atoms with van der Waals surface area (Å²) < 4.78 is 1.64. The van der Waals surface area contributed by atoms with E-state index < -0.39 is 12.1 Å². The predicted octanol–water partition coefficient (Wildman–Crippen LogP) is 9.28. The second-order valence-corrected chi connectivity index (χ2v) is 11.5. The van der Waals surface area contributed by atoms with Gasteiger partial charge in [0.2, 0.25) is 0 Å². The molecule has 0 amide bonds. The van der Waals surface area contributed by atoms with Crippen molar-refractivity contribution >= 4 is 0 Å². The van der Waals surface area contributed by atoms with Crippen molar-refractivity contribution in [1.29, 1.82) is 0 Å². The molecule has 0 aliphatic carbocycles. The van der Waals surface area contributed by atoms with Crippen molar-refractivity contribution in [1.82, 2.24) is 15.0 Å². The molecule has 1 rings (SSSR count). The van der Waals surface area contributed by atoms with Gasteiger partial charge in [-0.3, -0.25) is 0 Å². The number of hydrogen-bond donors (Lipinski definition) is 2. The van der Waals surface area contributed by atoms with Crippen LogP contribution in [0.5, 0.6) is 0 Å². The molecule has 38 heavy (non-hydrogen) atoms. The number of hydrogen-bond acceptors (Lipinski definition) is 4. The van der Waals surface area contributed by atoms with E-state index in [-0.39, 0.29) is 6.61 Å². The first-order chi connectivity index (χ1) is 18.7. The van der Waals surface area contributed by atoms with Gasteiger partial charge in [0.15, 0.2) is 0 Å². The largest absolute Gasteiger partial charge is 0.394 e. The van der Waals surface area contributed by atoms with Gasteiger partial charge in [0, 0.05) is 6.20 Å². The second kappa shape index (κ2) is 26.0. The SMILES string of the molecule is CCCCCCCCCCCCC/C=C/[C@@H](O)[C@H](CO)n1cc(CCCCCCCCCCCCC)nn1. The molecule has 0 aliphatic rings. The Balaban J connectivity index is 2.10. The number of allylic oxidation sites excluding steroid dienone is 1. The summed E-state index contributed by atoms with van der Waals surface area (Å²) in [6.45, 7) is 4.40. The van der Waals surface area contributed by atoms with Gasteiger partial charge >= 0.3 is 0 Å². The van der Waals surface area contributed by atoms with E-state index in [9.17, 15) is 10.2 Å². The molecule has 5 heteroatoms. The lowest BCUT2D eigenvalue weighted by Crippen LogP contribution is -2.26. The Hall–Kier alpha value is -1.20. The van der Waals surface area contributed by atoms with E-state index in [0.717, 1.165) is 31.4 Å². The minimum absolute atomic E-state index is 0.148. The van der Waals surface area contributed by atoms with Gasteiger partial charge in [-0.15, -0.1) is 5.10 Å². The number of unbranched alkanes of at least 4 members (excludes halogenated alkanes) is 21. The van der Waals surface area contributed by atoms with Crippen molar-refractivity contribution in [3.05, 3.63) is 24.0 Å². The monoisotopic (exact) mass is 533 g/mol. The molecule has 0 saturated heterocycles. The third-order valence-electron chi connectivity index (χ3n) is 7.82. The molecule has 0 fully saturated rings. The summed E-state index contributed by atoms with van der Waals surface area (Å²) in [7, 11) is 0. The first-order valence-corrected chi connectivity index (χ1v) is 16.6. The van der Waals surface area contributed by atoms with Crippen molar-refractivity contribution in [2.24, 2.45) is 0 Å². The van der Waals surface area contributed by atoms with Crippen LogP contribution < -0.4 is 0 Å². The summed E-state index contributed by atoms with van der Waals surface area (Å²) in [5, 5.41) is 28.9. The normalized spacial score (nSPS) is 13.5. The van der Waals surface area contributed by atoms with Crippen molar-refractivity contribution < 1.29 is 10.2 Å². The predicted molar refractivity (Wildman–Crippen MR) is 163 cm³/mol. The first kappa shape index (κ1) is 34.8. The number of aliphatic hydroxyl groups is 2. The van der Waals surface area contributed by atoms with Crippen molar-refractivity contribution in [2.75, 3.05) is 6.61 Å². The van der Waals surface area contributed by atoms with Crippen LogP contribution >= 0.6 is 0 Å². The Morgan fingerprint density at radius 3 is 1.61 bits per heavy atom. The molecule has 1 heterocycles. The highest BCUT2D eigenvalue weighted by Crippen LogP contribution is 2.16. The quantitative estimate of drug-likeness (QED) is 0.0831. The molecule has 5 nitrogen and oxygen atoms in total. The molecule has 0 spiro atoms. The van der Waals surface area contributed by atoms with Crippen LogP contribution in [-0.2, 0) is 6.42 Å². The maximum Gasteiger partial charge on any atom is 0.106 e. The highest BCUT2D eigenvalue weighted by molar-refractivity contribution is 4.98. The number of aliphatic hydroxyl groups excluding tert-OH is 2. The lowest BCUT2D eigenvalue weighted by molar-refractivity contribution is 0.0974. The van der Waals surface area contributed by atoms with Gasteiger partial charge in [-0.2, -0.15) is 0 Å².